The molecule has 0 spiro atoms. The number of aryl methyl sites for hydroxylation is 1. The molecule has 1 fully saturated rings. The van der Waals surface area contributed by atoms with E-state index in [4.69, 9.17) is 5.73 Å². The summed E-state index contributed by atoms with van der Waals surface area (Å²) in [5.74, 6) is 1.50. The maximum atomic E-state index is 11.4. The maximum Gasteiger partial charge on any atom is 0.254 e. The van der Waals surface area contributed by atoms with Crippen LogP contribution in [0.3, 0.4) is 0 Å². The molecule has 25 heavy (non-hydrogen) atoms. The quantitative estimate of drug-likeness (QED) is 0.752. The summed E-state index contributed by atoms with van der Waals surface area (Å²) in [4.78, 5) is 11.4. The van der Waals surface area contributed by atoms with E-state index in [1.807, 2.05) is 4.68 Å². The number of anilines is 1. The van der Waals surface area contributed by atoms with Gasteiger partial charge in [0.05, 0.1) is 6.20 Å². The fraction of sp³-hybridized carbons (Fsp3) is 0.474. The molecule has 4 N–H and O–H groups in total. The summed E-state index contributed by atoms with van der Waals surface area (Å²) in [7, 11) is 0. The number of nitrogens with zero attached hydrogens (tertiary/aromatic N) is 2. The number of rotatable bonds is 6. The second-order valence-corrected chi connectivity index (χ2v) is 7.33. The average molecular weight is 339 g/mol. The molecule has 2 atom stereocenters. The molecule has 6 heteroatoms. The summed E-state index contributed by atoms with van der Waals surface area (Å²) in [6.45, 7) is 4.67. The van der Waals surface area contributed by atoms with E-state index in [2.05, 4.69) is 46.9 Å². The highest BCUT2D eigenvalue weighted by Crippen LogP contribution is 2.41. The molecule has 4 rings (SSSR count). The predicted octanol–water partition coefficient (Wildman–Crippen LogP) is 2.07. The van der Waals surface area contributed by atoms with E-state index in [0.717, 1.165) is 31.4 Å². The number of hydrogen-bond donors (Lipinski definition) is 3. The number of aromatic nitrogens is 2. The van der Waals surface area contributed by atoms with Crippen LogP contribution in [0.1, 0.15) is 40.4 Å². The van der Waals surface area contributed by atoms with Gasteiger partial charge >= 0.3 is 0 Å². The molecule has 0 radical (unpaired) electrons. The van der Waals surface area contributed by atoms with Crippen LogP contribution in [0.15, 0.2) is 30.5 Å². The fourth-order valence-electron chi connectivity index (χ4n) is 3.63. The lowest BCUT2D eigenvalue weighted by Gasteiger charge is -2.28. The molecule has 0 bridgehead atoms. The zero-order valence-corrected chi connectivity index (χ0v) is 14.5. The van der Waals surface area contributed by atoms with Gasteiger partial charge in [0.2, 0.25) is 0 Å². The number of carbonyl (C=O) groups excluding carboxylic acids is 1. The molecule has 132 valence electrons. The molecule has 2 heterocycles. The molecule has 2 aliphatic rings. The van der Waals surface area contributed by atoms with E-state index in [0.29, 0.717) is 17.5 Å². The van der Waals surface area contributed by atoms with Crippen molar-refractivity contribution in [2.45, 2.75) is 32.4 Å². The highest BCUT2D eigenvalue weighted by Gasteiger charge is 2.33. The predicted molar refractivity (Wildman–Crippen MR) is 97.4 cm³/mol. The average Bonchev–Trinajstić information content (AvgIpc) is 3.34. The number of fused-ring (bicyclic) bond motifs is 1. The summed E-state index contributed by atoms with van der Waals surface area (Å²) in [5, 5.41) is 11.4. The van der Waals surface area contributed by atoms with Crippen LogP contribution in [0.25, 0.3) is 0 Å². The molecule has 1 aliphatic heterocycles. The molecule has 0 unspecified atom stereocenters. The molecule has 0 saturated heterocycles. The van der Waals surface area contributed by atoms with Gasteiger partial charge in [0.15, 0.2) is 0 Å². The number of nitrogens with one attached hydrogen (secondary N) is 2. The van der Waals surface area contributed by atoms with E-state index in [1.165, 1.54) is 24.0 Å². The number of amides is 1. The number of hydrogen-bond acceptors (Lipinski definition) is 4. The van der Waals surface area contributed by atoms with Crippen molar-refractivity contribution in [1.29, 1.82) is 0 Å². The van der Waals surface area contributed by atoms with Crippen molar-refractivity contribution in [3.63, 3.8) is 0 Å². The van der Waals surface area contributed by atoms with Gasteiger partial charge in [-0.1, -0.05) is 29.8 Å². The van der Waals surface area contributed by atoms with Gasteiger partial charge in [-0.3, -0.25) is 4.79 Å². The van der Waals surface area contributed by atoms with Crippen LogP contribution in [0.2, 0.25) is 0 Å². The zero-order chi connectivity index (χ0) is 17.4. The third-order valence-corrected chi connectivity index (χ3v) is 5.25. The van der Waals surface area contributed by atoms with Gasteiger partial charge in [-0.25, -0.2) is 4.68 Å². The summed E-state index contributed by atoms with van der Waals surface area (Å²) in [6.07, 6.45) is 4.17. The summed E-state index contributed by atoms with van der Waals surface area (Å²) >= 11 is 0. The Balaban J connectivity index is 1.40. The Morgan fingerprint density at radius 2 is 2.16 bits per heavy atom. The molecule has 6 nitrogen and oxygen atoms in total. The van der Waals surface area contributed by atoms with Crippen molar-refractivity contribution in [2.24, 2.45) is 17.6 Å². The van der Waals surface area contributed by atoms with Crippen LogP contribution in [0, 0.1) is 18.8 Å². The molecule has 1 aromatic carbocycles. The van der Waals surface area contributed by atoms with Gasteiger partial charge in [0.25, 0.3) is 5.91 Å². The Bertz CT molecular complexity index is 763. The van der Waals surface area contributed by atoms with Crippen molar-refractivity contribution in [3.05, 3.63) is 47.2 Å². The Hall–Kier alpha value is -2.34. The van der Waals surface area contributed by atoms with E-state index < -0.39 is 5.91 Å². The van der Waals surface area contributed by atoms with Gasteiger partial charge in [0.1, 0.15) is 11.4 Å². The molecular formula is C19H25N5O. The van der Waals surface area contributed by atoms with Crippen molar-refractivity contribution >= 4 is 11.7 Å². The van der Waals surface area contributed by atoms with E-state index in [1.54, 1.807) is 6.20 Å². The number of primary amides is 1. The van der Waals surface area contributed by atoms with Gasteiger partial charge in [-0.05, 0) is 31.2 Å². The fourth-order valence-corrected chi connectivity index (χ4v) is 3.63. The number of carbonyl (C=O) groups is 1. The minimum Gasteiger partial charge on any atom is -0.369 e. The molecule has 1 aromatic heterocycles. The van der Waals surface area contributed by atoms with Crippen LogP contribution >= 0.6 is 0 Å². The molecule has 1 amide bonds. The monoisotopic (exact) mass is 339 g/mol. The standard InChI is InChI=1S/C19H25N5O/c1-12-2-4-14(5-3-12)17(15-6-7-15)21-8-13-9-22-19-16(18(20)25)10-23-24(19)11-13/h2-5,10,13,15,17,21-22H,6-9,11H2,1H3,(H2,20,25)/t13-,17+/m1/s1. The van der Waals surface area contributed by atoms with Crippen LogP contribution in [0.5, 0.6) is 0 Å². The molecule has 2 aromatic rings. The maximum absolute atomic E-state index is 11.4. The van der Waals surface area contributed by atoms with Gasteiger partial charge in [-0.2, -0.15) is 5.10 Å². The van der Waals surface area contributed by atoms with Crippen LogP contribution in [0.4, 0.5) is 5.82 Å². The lowest BCUT2D eigenvalue weighted by Crippen LogP contribution is -2.37. The van der Waals surface area contributed by atoms with Crippen molar-refractivity contribution in [1.82, 2.24) is 15.1 Å². The van der Waals surface area contributed by atoms with Gasteiger partial charge < -0.3 is 16.4 Å². The Morgan fingerprint density at radius 1 is 1.40 bits per heavy atom. The van der Waals surface area contributed by atoms with E-state index in [9.17, 15) is 4.79 Å². The van der Waals surface area contributed by atoms with Crippen molar-refractivity contribution in [2.75, 3.05) is 18.4 Å². The van der Waals surface area contributed by atoms with Crippen LogP contribution in [-0.4, -0.2) is 28.8 Å². The van der Waals surface area contributed by atoms with E-state index in [-0.39, 0.29) is 0 Å². The first-order valence-electron chi connectivity index (χ1n) is 9.01. The van der Waals surface area contributed by atoms with E-state index >= 15 is 0 Å². The zero-order valence-electron chi connectivity index (χ0n) is 14.5. The smallest absolute Gasteiger partial charge is 0.254 e. The topological polar surface area (TPSA) is 85.0 Å². The summed E-state index contributed by atoms with van der Waals surface area (Å²) in [6, 6.07) is 9.30. The molecule has 1 saturated carbocycles. The van der Waals surface area contributed by atoms with Crippen molar-refractivity contribution < 1.29 is 4.79 Å². The second kappa shape index (κ2) is 6.52. The normalized spacial score (nSPS) is 20.6. The first-order chi connectivity index (χ1) is 12.1. The minimum absolute atomic E-state index is 0.430. The highest BCUT2D eigenvalue weighted by atomic mass is 16.1. The summed E-state index contributed by atoms with van der Waals surface area (Å²) < 4.78 is 1.86. The first kappa shape index (κ1) is 16.1. The van der Waals surface area contributed by atoms with Gasteiger partial charge in [0, 0.05) is 31.6 Å². The lowest BCUT2D eigenvalue weighted by molar-refractivity contribution is 0.100. The second-order valence-electron chi connectivity index (χ2n) is 7.33. The Labute approximate surface area is 147 Å². The Kier molecular flexibility index (Phi) is 4.21. The lowest BCUT2D eigenvalue weighted by atomic mass is 9.99. The SMILES string of the molecule is Cc1ccc([C@H](NC[C@@H]2CNc3c(C(N)=O)cnn3C2)C2CC2)cc1. The first-order valence-corrected chi connectivity index (χ1v) is 9.01. The van der Waals surface area contributed by atoms with Crippen molar-refractivity contribution in [3.8, 4) is 0 Å². The highest BCUT2D eigenvalue weighted by molar-refractivity contribution is 5.97. The third-order valence-electron chi connectivity index (χ3n) is 5.25. The third kappa shape index (κ3) is 3.39. The van der Waals surface area contributed by atoms with Crippen LogP contribution in [-0.2, 0) is 6.54 Å². The minimum atomic E-state index is -0.432. The Morgan fingerprint density at radius 3 is 2.84 bits per heavy atom. The molecular weight excluding hydrogens is 314 g/mol. The number of nitrogens with two attached hydrogens (primary N) is 1. The largest absolute Gasteiger partial charge is 0.369 e. The van der Waals surface area contributed by atoms with Gasteiger partial charge in [-0.15, -0.1) is 0 Å². The number of benzene rings is 1. The van der Waals surface area contributed by atoms with Crippen LogP contribution < -0.4 is 16.4 Å². The summed E-state index contributed by atoms with van der Waals surface area (Å²) in [5.41, 5.74) is 8.54. The molecule has 1 aliphatic carbocycles.